The standard InChI is InChI=1S/C9H14N4/c10-5-9-12-8(6-11-13-9)7-3-1-2-4-7/h6-7H,1-5,10H2. The van der Waals surface area contributed by atoms with Crippen LogP contribution in [0.1, 0.15) is 43.1 Å². The molecule has 1 aliphatic rings. The average molecular weight is 178 g/mol. The van der Waals surface area contributed by atoms with Crippen LogP contribution in [0.4, 0.5) is 0 Å². The predicted molar refractivity (Wildman–Crippen MR) is 48.9 cm³/mol. The van der Waals surface area contributed by atoms with Gasteiger partial charge in [-0.3, -0.25) is 0 Å². The molecule has 4 heteroatoms. The van der Waals surface area contributed by atoms with E-state index in [-0.39, 0.29) is 0 Å². The minimum atomic E-state index is 0.383. The molecule has 0 atom stereocenters. The van der Waals surface area contributed by atoms with Crippen LogP contribution in [-0.4, -0.2) is 15.2 Å². The number of nitrogens with zero attached hydrogens (tertiary/aromatic N) is 3. The lowest BCUT2D eigenvalue weighted by atomic mass is 10.1. The Kier molecular flexibility index (Phi) is 2.49. The summed E-state index contributed by atoms with van der Waals surface area (Å²) in [5, 5.41) is 7.75. The Balaban J connectivity index is 2.18. The molecule has 0 aliphatic heterocycles. The van der Waals surface area contributed by atoms with E-state index < -0.39 is 0 Å². The molecule has 0 amide bonds. The molecule has 0 saturated heterocycles. The van der Waals surface area contributed by atoms with Gasteiger partial charge < -0.3 is 5.73 Å². The second-order valence-corrected chi connectivity index (χ2v) is 3.48. The van der Waals surface area contributed by atoms with Crippen LogP contribution in [0, 0.1) is 0 Å². The highest BCUT2D eigenvalue weighted by atomic mass is 15.1. The molecule has 1 heterocycles. The highest BCUT2D eigenvalue weighted by Gasteiger charge is 2.18. The van der Waals surface area contributed by atoms with Gasteiger partial charge in [0.1, 0.15) is 0 Å². The smallest absolute Gasteiger partial charge is 0.164 e. The number of aromatic nitrogens is 3. The fraction of sp³-hybridized carbons (Fsp3) is 0.667. The normalized spacial score (nSPS) is 17.9. The van der Waals surface area contributed by atoms with Crippen molar-refractivity contribution in [1.29, 1.82) is 0 Å². The maximum atomic E-state index is 5.45. The van der Waals surface area contributed by atoms with Gasteiger partial charge in [-0.2, -0.15) is 5.10 Å². The SMILES string of the molecule is NCc1nncc(C2CCCC2)n1. The fourth-order valence-electron chi connectivity index (χ4n) is 1.86. The van der Waals surface area contributed by atoms with Crippen molar-refractivity contribution in [2.75, 3.05) is 0 Å². The molecule has 0 radical (unpaired) electrons. The first kappa shape index (κ1) is 8.56. The van der Waals surface area contributed by atoms with Crippen LogP contribution >= 0.6 is 0 Å². The van der Waals surface area contributed by atoms with Crippen LogP contribution < -0.4 is 5.73 Å². The summed E-state index contributed by atoms with van der Waals surface area (Å²) in [6.07, 6.45) is 6.87. The Morgan fingerprint density at radius 1 is 1.38 bits per heavy atom. The van der Waals surface area contributed by atoms with E-state index in [0.29, 0.717) is 18.3 Å². The summed E-state index contributed by atoms with van der Waals surface area (Å²) < 4.78 is 0. The van der Waals surface area contributed by atoms with Gasteiger partial charge in [0.15, 0.2) is 5.82 Å². The van der Waals surface area contributed by atoms with Gasteiger partial charge in [0.05, 0.1) is 18.4 Å². The third kappa shape index (κ3) is 1.83. The number of nitrogens with two attached hydrogens (primary N) is 1. The predicted octanol–water partition coefficient (Wildman–Crippen LogP) is 0.988. The number of hydrogen-bond donors (Lipinski definition) is 1. The minimum absolute atomic E-state index is 0.383. The van der Waals surface area contributed by atoms with Crippen molar-refractivity contribution in [3.8, 4) is 0 Å². The van der Waals surface area contributed by atoms with Crippen LogP contribution in [-0.2, 0) is 6.54 Å². The van der Waals surface area contributed by atoms with Gasteiger partial charge in [0.2, 0.25) is 0 Å². The largest absolute Gasteiger partial charge is 0.324 e. The molecule has 0 aromatic carbocycles. The Bertz CT molecular complexity index is 281. The zero-order valence-electron chi connectivity index (χ0n) is 7.61. The molecule has 0 unspecified atom stereocenters. The fourth-order valence-corrected chi connectivity index (χ4v) is 1.86. The van der Waals surface area contributed by atoms with Crippen molar-refractivity contribution >= 4 is 0 Å². The van der Waals surface area contributed by atoms with Crippen LogP contribution in [0.3, 0.4) is 0 Å². The van der Waals surface area contributed by atoms with E-state index in [1.165, 1.54) is 25.7 Å². The molecular formula is C9H14N4. The van der Waals surface area contributed by atoms with Crippen LogP contribution in [0.15, 0.2) is 6.20 Å². The second-order valence-electron chi connectivity index (χ2n) is 3.48. The molecule has 13 heavy (non-hydrogen) atoms. The molecule has 1 saturated carbocycles. The van der Waals surface area contributed by atoms with E-state index in [1.807, 2.05) is 0 Å². The van der Waals surface area contributed by atoms with Crippen molar-refractivity contribution in [3.63, 3.8) is 0 Å². The molecular weight excluding hydrogens is 164 g/mol. The van der Waals surface area contributed by atoms with Gasteiger partial charge in [-0.1, -0.05) is 12.8 Å². The first-order valence-corrected chi connectivity index (χ1v) is 4.78. The molecule has 4 nitrogen and oxygen atoms in total. The average Bonchev–Trinajstić information content (AvgIpc) is 2.71. The third-order valence-corrected chi connectivity index (χ3v) is 2.58. The van der Waals surface area contributed by atoms with E-state index in [1.54, 1.807) is 6.20 Å². The molecule has 1 aliphatic carbocycles. The molecule has 2 rings (SSSR count). The van der Waals surface area contributed by atoms with E-state index >= 15 is 0 Å². The van der Waals surface area contributed by atoms with Crippen molar-refractivity contribution in [1.82, 2.24) is 15.2 Å². The van der Waals surface area contributed by atoms with Gasteiger partial charge in [-0.15, -0.1) is 5.10 Å². The first-order valence-electron chi connectivity index (χ1n) is 4.78. The molecule has 70 valence electrons. The summed E-state index contributed by atoms with van der Waals surface area (Å²) in [5.41, 5.74) is 6.53. The molecule has 1 aromatic heterocycles. The number of hydrogen-bond acceptors (Lipinski definition) is 4. The summed E-state index contributed by atoms with van der Waals surface area (Å²) in [6.45, 7) is 0.383. The van der Waals surface area contributed by atoms with Gasteiger partial charge in [-0.25, -0.2) is 4.98 Å². The summed E-state index contributed by atoms with van der Waals surface area (Å²) in [5.74, 6) is 1.25. The van der Waals surface area contributed by atoms with Gasteiger partial charge in [0, 0.05) is 5.92 Å². The lowest BCUT2D eigenvalue weighted by Gasteiger charge is -2.07. The summed E-state index contributed by atoms with van der Waals surface area (Å²) in [6, 6.07) is 0. The molecule has 0 spiro atoms. The van der Waals surface area contributed by atoms with E-state index in [9.17, 15) is 0 Å². The van der Waals surface area contributed by atoms with E-state index in [2.05, 4.69) is 15.2 Å². The van der Waals surface area contributed by atoms with Crippen LogP contribution in [0.25, 0.3) is 0 Å². The minimum Gasteiger partial charge on any atom is -0.324 e. The highest BCUT2D eigenvalue weighted by Crippen LogP contribution is 2.32. The number of rotatable bonds is 2. The van der Waals surface area contributed by atoms with Crippen molar-refractivity contribution in [2.24, 2.45) is 5.73 Å². The van der Waals surface area contributed by atoms with E-state index in [0.717, 1.165) is 5.69 Å². The third-order valence-electron chi connectivity index (χ3n) is 2.58. The van der Waals surface area contributed by atoms with Gasteiger partial charge >= 0.3 is 0 Å². The Morgan fingerprint density at radius 2 is 2.15 bits per heavy atom. The zero-order chi connectivity index (χ0) is 9.10. The summed E-state index contributed by atoms with van der Waals surface area (Å²) >= 11 is 0. The Hall–Kier alpha value is -1.03. The lowest BCUT2D eigenvalue weighted by molar-refractivity contribution is 0.666. The topological polar surface area (TPSA) is 64.7 Å². The quantitative estimate of drug-likeness (QED) is 0.733. The maximum Gasteiger partial charge on any atom is 0.164 e. The Morgan fingerprint density at radius 3 is 2.85 bits per heavy atom. The zero-order valence-corrected chi connectivity index (χ0v) is 7.61. The monoisotopic (exact) mass is 178 g/mol. The molecule has 0 bridgehead atoms. The molecule has 2 N–H and O–H groups in total. The van der Waals surface area contributed by atoms with Gasteiger partial charge in [-0.05, 0) is 12.8 Å². The first-order chi connectivity index (χ1) is 6.40. The Labute approximate surface area is 77.6 Å². The van der Waals surface area contributed by atoms with Crippen LogP contribution in [0.5, 0.6) is 0 Å². The van der Waals surface area contributed by atoms with Crippen molar-refractivity contribution in [2.45, 2.75) is 38.1 Å². The highest BCUT2D eigenvalue weighted by molar-refractivity contribution is 5.05. The lowest BCUT2D eigenvalue weighted by Crippen LogP contribution is -2.08. The summed E-state index contributed by atoms with van der Waals surface area (Å²) in [7, 11) is 0. The van der Waals surface area contributed by atoms with Crippen molar-refractivity contribution < 1.29 is 0 Å². The molecule has 1 fully saturated rings. The van der Waals surface area contributed by atoms with Gasteiger partial charge in [0.25, 0.3) is 0 Å². The maximum absolute atomic E-state index is 5.45. The van der Waals surface area contributed by atoms with E-state index in [4.69, 9.17) is 5.73 Å². The molecule has 1 aromatic rings. The van der Waals surface area contributed by atoms with Crippen LogP contribution in [0.2, 0.25) is 0 Å². The summed E-state index contributed by atoms with van der Waals surface area (Å²) in [4.78, 5) is 4.37. The van der Waals surface area contributed by atoms with Crippen molar-refractivity contribution in [3.05, 3.63) is 17.7 Å². The second kappa shape index (κ2) is 3.79.